The number of carbonyl (C=O) groups excluding carboxylic acids is 1. The number of fused-ring (bicyclic) bond motifs is 1. The Morgan fingerprint density at radius 3 is 2.63 bits per heavy atom. The first-order valence-electron chi connectivity index (χ1n) is 8.56. The standard InChI is InChI=1S/C20H20ClN3O3/c1-13(22-19(25)14-7-9-15(21)10-8-14)18-23-17-6-4-3-5-16(17)20(26)24(18)11-12-27-2/h3-10,13H,11-12H2,1-2H3,(H,22,25). The summed E-state index contributed by atoms with van der Waals surface area (Å²) in [6.07, 6.45) is 0. The van der Waals surface area contributed by atoms with Crippen LogP contribution in [-0.4, -0.2) is 29.2 Å². The highest BCUT2D eigenvalue weighted by Crippen LogP contribution is 2.15. The number of rotatable bonds is 6. The Morgan fingerprint density at radius 1 is 1.22 bits per heavy atom. The van der Waals surface area contributed by atoms with E-state index in [4.69, 9.17) is 16.3 Å². The Hall–Kier alpha value is -2.70. The highest BCUT2D eigenvalue weighted by Gasteiger charge is 2.19. The van der Waals surface area contributed by atoms with E-state index in [1.54, 1.807) is 61.1 Å². The number of benzene rings is 2. The van der Waals surface area contributed by atoms with Crippen molar-refractivity contribution < 1.29 is 9.53 Å². The molecule has 0 aliphatic heterocycles. The molecule has 0 fully saturated rings. The number of hydrogen-bond acceptors (Lipinski definition) is 4. The minimum absolute atomic E-state index is 0.153. The van der Waals surface area contributed by atoms with Gasteiger partial charge >= 0.3 is 0 Å². The monoisotopic (exact) mass is 385 g/mol. The summed E-state index contributed by atoms with van der Waals surface area (Å²) in [7, 11) is 1.57. The highest BCUT2D eigenvalue weighted by atomic mass is 35.5. The Balaban J connectivity index is 1.96. The van der Waals surface area contributed by atoms with Gasteiger partial charge in [-0.25, -0.2) is 4.98 Å². The van der Waals surface area contributed by atoms with Crippen molar-refractivity contribution in [2.24, 2.45) is 0 Å². The van der Waals surface area contributed by atoms with Crippen molar-refractivity contribution in [2.75, 3.05) is 13.7 Å². The zero-order valence-electron chi connectivity index (χ0n) is 15.1. The average molecular weight is 386 g/mol. The first kappa shape index (κ1) is 19.1. The first-order valence-corrected chi connectivity index (χ1v) is 8.94. The maximum Gasteiger partial charge on any atom is 0.261 e. The number of nitrogens with zero attached hydrogens (tertiary/aromatic N) is 2. The smallest absolute Gasteiger partial charge is 0.261 e. The van der Waals surface area contributed by atoms with Gasteiger partial charge in [0.15, 0.2) is 0 Å². The van der Waals surface area contributed by atoms with E-state index in [2.05, 4.69) is 10.3 Å². The molecular formula is C20H20ClN3O3. The summed E-state index contributed by atoms with van der Waals surface area (Å²) in [6.45, 7) is 2.52. The first-order chi connectivity index (χ1) is 13.0. The summed E-state index contributed by atoms with van der Waals surface area (Å²) in [6, 6.07) is 13.3. The molecule has 0 saturated heterocycles. The molecule has 0 aliphatic rings. The van der Waals surface area contributed by atoms with Crippen molar-refractivity contribution in [1.29, 1.82) is 0 Å². The van der Waals surface area contributed by atoms with Crippen molar-refractivity contribution in [3.05, 3.63) is 75.3 Å². The summed E-state index contributed by atoms with van der Waals surface area (Å²) < 4.78 is 6.68. The zero-order chi connectivity index (χ0) is 19.4. The molecule has 27 heavy (non-hydrogen) atoms. The van der Waals surface area contributed by atoms with E-state index >= 15 is 0 Å². The SMILES string of the molecule is COCCn1c(C(C)NC(=O)c2ccc(Cl)cc2)nc2ccccc2c1=O. The van der Waals surface area contributed by atoms with Crippen LogP contribution >= 0.6 is 11.6 Å². The summed E-state index contributed by atoms with van der Waals surface area (Å²) in [5.74, 6) is 0.220. The lowest BCUT2D eigenvalue weighted by Gasteiger charge is -2.19. The van der Waals surface area contributed by atoms with Gasteiger partial charge in [0, 0.05) is 17.7 Å². The van der Waals surface area contributed by atoms with Crippen molar-refractivity contribution in [3.8, 4) is 0 Å². The molecule has 3 aromatic rings. The summed E-state index contributed by atoms with van der Waals surface area (Å²) >= 11 is 5.87. The largest absolute Gasteiger partial charge is 0.383 e. The molecule has 140 valence electrons. The molecule has 3 rings (SSSR count). The van der Waals surface area contributed by atoms with Gasteiger partial charge in [-0.15, -0.1) is 0 Å². The molecule has 1 unspecified atom stereocenters. The molecule has 0 saturated carbocycles. The Kier molecular flexibility index (Phi) is 5.88. The van der Waals surface area contributed by atoms with Gasteiger partial charge in [-0.1, -0.05) is 23.7 Å². The fourth-order valence-corrected chi connectivity index (χ4v) is 2.99. The second kappa shape index (κ2) is 8.33. The fourth-order valence-electron chi connectivity index (χ4n) is 2.86. The predicted molar refractivity (Wildman–Crippen MR) is 105 cm³/mol. The van der Waals surface area contributed by atoms with Crippen LogP contribution in [0.1, 0.15) is 29.1 Å². The number of amides is 1. The molecule has 2 aromatic carbocycles. The van der Waals surface area contributed by atoms with Crippen LogP contribution in [0.25, 0.3) is 10.9 Å². The lowest BCUT2D eigenvalue weighted by molar-refractivity contribution is 0.0937. The molecule has 1 amide bonds. The molecule has 0 bridgehead atoms. The second-order valence-electron chi connectivity index (χ2n) is 6.14. The van der Waals surface area contributed by atoms with Gasteiger partial charge in [0.2, 0.25) is 0 Å². The van der Waals surface area contributed by atoms with E-state index in [1.165, 1.54) is 0 Å². The van der Waals surface area contributed by atoms with Crippen LogP contribution in [0.4, 0.5) is 0 Å². The number of methoxy groups -OCH3 is 1. The minimum atomic E-state index is -0.470. The van der Waals surface area contributed by atoms with Crippen LogP contribution in [0.3, 0.4) is 0 Å². The molecule has 7 heteroatoms. The highest BCUT2D eigenvalue weighted by molar-refractivity contribution is 6.30. The maximum absolute atomic E-state index is 12.9. The lowest BCUT2D eigenvalue weighted by atomic mass is 10.2. The molecule has 1 heterocycles. The van der Waals surface area contributed by atoms with Crippen LogP contribution < -0.4 is 10.9 Å². The number of hydrogen-bond donors (Lipinski definition) is 1. The molecule has 0 spiro atoms. The van der Waals surface area contributed by atoms with Gasteiger partial charge in [0.25, 0.3) is 11.5 Å². The van der Waals surface area contributed by atoms with Crippen molar-refractivity contribution in [1.82, 2.24) is 14.9 Å². The fraction of sp³-hybridized carbons (Fsp3) is 0.250. The Labute approximate surface area is 161 Å². The van der Waals surface area contributed by atoms with Crippen molar-refractivity contribution in [3.63, 3.8) is 0 Å². The number of para-hydroxylation sites is 1. The molecule has 1 atom stereocenters. The van der Waals surface area contributed by atoms with Crippen LogP contribution in [0, 0.1) is 0 Å². The molecule has 1 N–H and O–H groups in total. The molecule has 0 radical (unpaired) electrons. The summed E-state index contributed by atoms with van der Waals surface area (Å²) in [5.41, 5.74) is 0.928. The molecule has 0 aliphatic carbocycles. The molecular weight excluding hydrogens is 366 g/mol. The number of ether oxygens (including phenoxy) is 1. The minimum Gasteiger partial charge on any atom is -0.383 e. The lowest BCUT2D eigenvalue weighted by Crippen LogP contribution is -2.34. The average Bonchev–Trinajstić information content (AvgIpc) is 2.67. The van der Waals surface area contributed by atoms with Crippen LogP contribution in [-0.2, 0) is 11.3 Å². The number of carbonyl (C=O) groups is 1. The van der Waals surface area contributed by atoms with E-state index < -0.39 is 6.04 Å². The molecule has 1 aromatic heterocycles. The number of aromatic nitrogens is 2. The quantitative estimate of drug-likeness (QED) is 0.707. The van der Waals surface area contributed by atoms with Gasteiger partial charge in [-0.3, -0.25) is 14.2 Å². The van der Waals surface area contributed by atoms with Crippen molar-refractivity contribution in [2.45, 2.75) is 19.5 Å². The van der Waals surface area contributed by atoms with E-state index in [-0.39, 0.29) is 11.5 Å². The van der Waals surface area contributed by atoms with Gasteiger partial charge in [0.05, 0.1) is 30.1 Å². The Morgan fingerprint density at radius 2 is 1.93 bits per heavy atom. The van der Waals surface area contributed by atoms with Crippen LogP contribution in [0.5, 0.6) is 0 Å². The van der Waals surface area contributed by atoms with Gasteiger partial charge in [0.1, 0.15) is 5.82 Å². The number of halogens is 1. The molecule has 6 nitrogen and oxygen atoms in total. The topological polar surface area (TPSA) is 73.2 Å². The van der Waals surface area contributed by atoms with Crippen molar-refractivity contribution >= 4 is 28.4 Å². The van der Waals surface area contributed by atoms with E-state index in [9.17, 15) is 9.59 Å². The predicted octanol–water partition coefficient (Wildman–Crippen LogP) is 3.19. The van der Waals surface area contributed by atoms with Gasteiger partial charge in [-0.2, -0.15) is 0 Å². The third-order valence-corrected chi connectivity index (χ3v) is 4.50. The van der Waals surface area contributed by atoms with E-state index in [0.29, 0.717) is 40.5 Å². The van der Waals surface area contributed by atoms with E-state index in [0.717, 1.165) is 0 Å². The van der Waals surface area contributed by atoms with Crippen LogP contribution in [0.2, 0.25) is 5.02 Å². The van der Waals surface area contributed by atoms with E-state index in [1.807, 2.05) is 6.07 Å². The third-order valence-electron chi connectivity index (χ3n) is 4.25. The Bertz CT molecular complexity index is 1020. The third kappa shape index (κ3) is 4.18. The number of nitrogens with one attached hydrogen (secondary N) is 1. The maximum atomic E-state index is 12.9. The van der Waals surface area contributed by atoms with Crippen LogP contribution in [0.15, 0.2) is 53.3 Å². The second-order valence-corrected chi connectivity index (χ2v) is 6.58. The summed E-state index contributed by atoms with van der Waals surface area (Å²) in [4.78, 5) is 30.0. The zero-order valence-corrected chi connectivity index (χ0v) is 15.9. The van der Waals surface area contributed by atoms with Gasteiger partial charge in [-0.05, 0) is 43.3 Å². The summed E-state index contributed by atoms with van der Waals surface area (Å²) in [5, 5.41) is 3.99. The normalized spacial score (nSPS) is 12.1. The van der Waals surface area contributed by atoms with Gasteiger partial charge < -0.3 is 10.1 Å².